The highest BCUT2D eigenvalue weighted by molar-refractivity contribution is 7.22. The van der Waals surface area contributed by atoms with Gasteiger partial charge in [-0.15, -0.1) is 0 Å². The maximum Gasteiger partial charge on any atom is 0.231 e. The summed E-state index contributed by atoms with van der Waals surface area (Å²) < 4.78 is 1.10. The van der Waals surface area contributed by atoms with Crippen LogP contribution in [0.2, 0.25) is 0 Å². The summed E-state index contributed by atoms with van der Waals surface area (Å²) in [4.78, 5) is 17.1. The summed E-state index contributed by atoms with van der Waals surface area (Å²) in [5, 5.41) is 3.64. The molecule has 2 atom stereocenters. The van der Waals surface area contributed by atoms with Crippen molar-refractivity contribution in [3.63, 3.8) is 0 Å². The van der Waals surface area contributed by atoms with Crippen molar-refractivity contribution in [2.75, 3.05) is 5.32 Å². The van der Waals surface area contributed by atoms with Gasteiger partial charge in [0.2, 0.25) is 5.91 Å². The minimum absolute atomic E-state index is 0.0106. The molecule has 1 aliphatic carbocycles. The van der Waals surface area contributed by atoms with Crippen molar-refractivity contribution in [2.45, 2.75) is 45.1 Å². The summed E-state index contributed by atoms with van der Waals surface area (Å²) in [7, 11) is 0. The molecule has 1 aromatic carbocycles. The van der Waals surface area contributed by atoms with Gasteiger partial charge in [-0.25, -0.2) is 4.98 Å². The largest absolute Gasteiger partial charge is 0.325 e. The highest BCUT2D eigenvalue weighted by Crippen LogP contribution is 2.34. The van der Waals surface area contributed by atoms with Crippen molar-refractivity contribution in [2.24, 2.45) is 11.7 Å². The lowest BCUT2D eigenvalue weighted by Gasteiger charge is -2.36. The van der Waals surface area contributed by atoms with Gasteiger partial charge in [-0.1, -0.05) is 36.3 Å². The highest BCUT2D eigenvalue weighted by atomic mass is 32.1. The van der Waals surface area contributed by atoms with Crippen LogP contribution in [0, 0.1) is 12.8 Å². The molecule has 2 aromatic rings. The van der Waals surface area contributed by atoms with E-state index in [2.05, 4.69) is 10.3 Å². The van der Waals surface area contributed by atoms with E-state index in [1.54, 1.807) is 0 Å². The predicted molar refractivity (Wildman–Crippen MR) is 87.5 cm³/mol. The van der Waals surface area contributed by atoms with Crippen molar-refractivity contribution in [1.82, 2.24) is 4.98 Å². The van der Waals surface area contributed by atoms with E-state index in [0.717, 1.165) is 41.5 Å². The van der Waals surface area contributed by atoms with Gasteiger partial charge in [0.15, 0.2) is 5.13 Å². The van der Waals surface area contributed by atoms with Crippen LogP contribution in [-0.2, 0) is 4.79 Å². The third kappa shape index (κ3) is 2.80. The molecule has 1 heterocycles. The SMILES string of the molecule is Cc1cccc2sc(NC(=O)C3CCCCC3(C)N)nc12. The van der Waals surface area contributed by atoms with E-state index in [1.165, 1.54) is 11.3 Å². The summed E-state index contributed by atoms with van der Waals surface area (Å²) in [6.07, 6.45) is 3.95. The lowest BCUT2D eigenvalue weighted by molar-refractivity contribution is -0.122. The molecule has 0 aliphatic heterocycles. The monoisotopic (exact) mass is 303 g/mol. The number of carbonyl (C=O) groups excluding carboxylic acids is 1. The van der Waals surface area contributed by atoms with E-state index < -0.39 is 5.54 Å². The van der Waals surface area contributed by atoms with Crippen molar-refractivity contribution in [3.05, 3.63) is 23.8 Å². The van der Waals surface area contributed by atoms with Crippen molar-refractivity contribution < 1.29 is 4.79 Å². The van der Waals surface area contributed by atoms with Gasteiger partial charge in [0, 0.05) is 5.54 Å². The van der Waals surface area contributed by atoms with E-state index in [9.17, 15) is 4.79 Å². The van der Waals surface area contributed by atoms with E-state index in [-0.39, 0.29) is 11.8 Å². The number of nitrogens with zero attached hydrogens (tertiary/aromatic N) is 1. The summed E-state index contributed by atoms with van der Waals surface area (Å²) in [5.74, 6) is -0.115. The topological polar surface area (TPSA) is 68.0 Å². The zero-order valence-electron chi connectivity index (χ0n) is 12.5. The van der Waals surface area contributed by atoms with Crippen molar-refractivity contribution in [1.29, 1.82) is 0 Å². The van der Waals surface area contributed by atoms with Gasteiger partial charge < -0.3 is 11.1 Å². The number of rotatable bonds is 2. The van der Waals surface area contributed by atoms with E-state index in [0.29, 0.717) is 5.13 Å². The molecule has 2 unspecified atom stereocenters. The van der Waals surface area contributed by atoms with Gasteiger partial charge in [0.05, 0.1) is 16.1 Å². The van der Waals surface area contributed by atoms with Crippen LogP contribution in [0.3, 0.4) is 0 Å². The average molecular weight is 303 g/mol. The molecule has 1 saturated carbocycles. The first kappa shape index (κ1) is 14.5. The molecule has 0 spiro atoms. The van der Waals surface area contributed by atoms with E-state index >= 15 is 0 Å². The zero-order valence-corrected chi connectivity index (χ0v) is 13.3. The van der Waals surface area contributed by atoms with Crippen LogP contribution in [0.4, 0.5) is 5.13 Å². The van der Waals surface area contributed by atoms with Gasteiger partial charge in [-0.3, -0.25) is 4.79 Å². The Morgan fingerprint density at radius 1 is 1.48 bits per heavy atom. The fourth-order valence-electron chi connectivity index (χ4n) is 3.12. The number of aryl methyl sites for hydroxylation is 1. The normalized spacial score (nSPS) is 26.0. The Hall–Kier alpha value is -1.46. The van der Waals surface area contributed by atoms with E-state index in [4.69, 9.17) is 5.73 Å². The first-order valence-electron chi connectivity index (χ1n) is 7.43. The van der Waals surface area contributed by atoms with Crippen LogP contribution >= 0.6 is 11.3 Å². The quantitative estimate of drug-likeness (QED) is 0.893. The van der Waals surface area contributed by atoms with Crippen molar-refractivity contribution >= 4 is 32.6 Å². The highest BCUT2D eigenvalue weighted by Gasteiger charge is 2.38. The number of hydrogen-bond acceptors (Lipinski definition) is 4. The molecule has 0 radical (unpaired) electrons. The Morgan fingerprint density at radius 2 is 2.29 bits per heavy atom. The summed E-state index contributed by atoms with van der Waals surface area (Å²) in [6.45, 7) is 4.02. The third-order valence-corrected chi connectivity index (χ3v) is 5.36. The molecule has 3 N–H and O–H groups in total. The molecular weight excluding hydrogens is 282 g/mol. The summed E-state index contributed by atoms with van der Waals surface area (Å²) >= 11 is 1.52. The number of benzene rings is 1. The molecule has 112 valence electrons. The number of thiazole rings is 1. The number of carbonyl (C=O) groups is 1. The fourth-order valence-corrected chi connectivity index (χ4v) is 4.07. The molecule has 4 nitrogen and oxygen atoms in total. The van der Waals surface area contributed by atoms with Gasteiger partial charge in [-0.2, -0.15) is 0 Å². The molecule has 21 heavy (non-hydrogen) atoms. The maximum absolute atomic E-state index is 12.5. The van der Waals surface area contributed by atoms with Gasteiger partial charge in [0.1, 0.15) is 0 Å². The van der Waals surface area contributed by atoms with Crippen LogP contribution < -0.4 is 11.1 Å². The molecule has 1 aromatic heterocycles. The number of hydrogen-bond donors (Lipinski definition) is 2. The van der Waals surface area contributed by atoms with Gasteiger partial charge >= 0.3 is 0 Å². The Kier molecular flexibility index (Phi) is 3.71. The third-order valence-electron chi connectivity index (χ3n) is 4.42. The fraction of sp³-hybridized carbons (Fsp3) is 0.500. The lowest BCUT2D eigenvalue weighted by Crippen LogP contribution is -2.51. The number of amides is 1. The number of anilines is 1. The van der Waals surface area contributed by atoms with Crippen LogP contribution in [0.25, 0.3) is 10.2 Å². The second kappa shape index (κ2) is 5.39. The Morgan fingerprint density at radius 3 is 3.00 bits per heavy atom. The lowest BCUT2D eigenvalue weighted by atomic mass is 9.74. The Balaban J connectivity index is 1.81. The molecule has 1 fully saturated rings. The van der Waals surface area contributed by atoms with Crippen molar-refractivity contribution in [3.8, 4) is 0 Å². The number of fused-ring (bicyclic) bond motifs is 1. The Bertz CT molecular complexity index is 677. The van der Waals surface area contributed by atoms with E-state index in [1.807, 2.05) is 32.0 Å². The first-order chi connectivity index (χ1) is 9.97. The summed E-state index contributed by atoms with van der Waals surface area (Å²) in [6, 6.07) is 6.08. The first-order valence-corrected chi connectivity index (χ1v) is 8.25. The standard InChI is InChI=1S/C16H21N3OS/c1-10-6-5-8-12-13(10)18-15(21-12)19-14(20)11-7-3-4-9-16(11,2)17/h5-6,8,11H,3-4,7,9,17H2,1-2H3,(H,18,19,20). The molecule has 1 aliphatic rings. The molecule has 5 heteroatoms. The van der Waals surface area contributed by atoms with Crippen LogP contribution in [0.15, 0.2) is 18.2 Å². The molecular formula is C16H21N3OS. The number of nitrogens with one attached hydrogen (secondary N) is 1. The maximum atomic E-state index is 12.5. The predicted octanol–water partition coefficient (Wildman–Crippen LogP) is 3.45. The van der Waals surface area contributed by atoms with Gasteiger partial charge in [-0.05, 0) is 38.3 Å². The average Bonchev–Trinajstić information content (AvgIpc) is 2.82. The van der Waals surface area contributed by atoms with Crippen LogP contribution in [0.1, 0.15) is 38.2 Å². The molecule has 0 bridgehead atoms. The molecule has 3 rings (SSSR count). The van der Waals surface area contributed by atoms with Crippen LogP contribution in [0.5, 0.6) is 0 Å². The van der Waals surface area contributed by atoms with Crippen LogP contribution in [-0.4, -0.2) is 16.4 Å². The minimum Gasteiger partial charge on any atom is -0.325 e. The minimum atomic E-state index is -0.408. The molecule has 1 amide bonds. The smallest absolute Gasteiger partial charge is 0.231 e. The second-order valence-corrected chi connectivity index (χ2v) is 7.26. The summed E-state index contributed by atoms with van der Waals surface area (Å²) in [5.41, 5.74) is 7.99. The molecule has 0 saturated heterocycles. The Labute approximate surface area is 128 Å². The number of aromatic nitrogens is 1. The van der Waals surface area contributed by atoms with Gasteiger partial charge in [0.25, 0.3) is 0 Å². The number of para-hydroxylation sites is 1. The number of nitrogens with two attached hydrogens (primary N) is 1. The second-order valence-electron chi connectivity index (χ2n) is 6.23. The zero-order chi connectivity index (χ0) is 15.0.